The van der Waals surface area contributed by atoms with Gasteiger partial charge in [0.15, 0.2) is 0 Å². The number of anilines is 2. The van der Waals surface area contributed by atoms with E-state index in [0.29, 0.717) is 55.8 Å². The number of hydrogen-bond donors (Lipinski definition) is 2. The number of benzene rings is 2. The van der Waals surface area contributed by atoms with Crippen molar-refractivity contribution >= 4 is 50.9 Å². The smallest absolute Gasteiger partial charge is 0.242 e. The quantitative estimate of drug-likeness (QED) is 0.288. The van der Waals surface area contributed by atoms with Crippen LogP contribution in [0.1, 0.15) is 79.0 Å². The van der Waals surface area contributed by atoms with Crippen LogP contribution in [-0.2, 0) is 29.8 Å². The van der Waals surface area contributed by atoms with Gasteiger partial charge in [-0.3, -0.25) is 19.7 Å². The number of nitrogens with one attached hydrogen (secondary N) is 2. The van der Waals surface area contributed by atoms with Gasteiger partial charge in [-0.15, -0.1) is 0 Å². The molecular formula is C39H45ClN6O5S. The van der Waals surface area contributed by atoms with E-state index in [2.05, 4.69) is 44.8 Å². The van der Waals surface area contributed by atoms with Crippen molar-refractivity contribution in [3.63, 3.8) is 0 Å². The second kappa shape index (κ2) is 14.2. The molecule has 5 aliphatic rings. The molecule has 3 saturated heterocycles. The van der Waals surface area contributed by atoms with Crippen LogP contribution in [0.25, 0.3) is 0 Å². The number of piperazine rings is 1. The van der Waals surface area contributed by atoms with Gasteiger partial charge in [-0.05, 0) is 105 Å². The number of carbonyl (C=O) groups excluding carboxylic acids is 3. The van der Waals surface area contributed by atoms with Gasteiger partial charge in [-0.25, -0.2) is 13.4 Å². The van der Waals surface area contributed by atoms with Crippen LogP contribution in [0.5, 0.6) is 0 Å². The van der Waals surface area contributed by atoms with E-state index in [1.807, 2.05) is 30.3 Å². The van der Waals surface area contributed by atoms with Gasteiger partial charge < -0.3 is 15.1 Å². The SMILES string of the molecule is O=C1CCC(c2ccc(C3CCN(CCCS(=O)(=O)N4CCN(c5cccc(C6(C7CC7)CNc7nccc(Cl)c76)c5)C(=O)C4)CC3)cc2)C(=O)N1. The van der Waals surface area contributed by atoms with Gasteiger partial charge in [0.1, 0.15) is 5.82 Å². The number of carbonyl (C=O) groups is 3. The molecule has 4 aliphatic heterocycles. The third-order valence-electron chi connectivity index (χ3n) is 11.9. The largest absolute Gasteiger partial charge is 0.369 e. The predicted molar refractivity (Wildman–Crippen MR) is 200 cm³/mol. The number of amides is 3. The van der Waals surface area contributed by atoms with Crippen LogP contribution in [0.2, 0.25) is 5.02 Å². The maximum absolute atomic E-state index is 13.5. The van der Waals surface area contributed by atoms with Crippen molar-refractivity contribution in [3.8, 4) is 0 Å². The molecule has 1 aliphatic carbocycles. The fourth-order valence-corrected chi connectivity index (χ4v) is 10.7. The highest BCUT2D eigenvalue weighted by atomic mass is 35.5. The fourth-order valence-electron chi connectivity index (χ4n) is 8.93. The number of imide groups is 1. The van der Waals surface area contributed by atoms with Crippen LogP contribution in [-0.4, -0.2) is 91.9 Å². The number of sulfonamides is 1. The van der Waals surface area contributed by atoms with Crippen LogP contribution in [0.3, 0.4) is 0 Å². The molecule has 1 aromatic heterocycles. The molecule has 2 atom stereocenters. The molecule has 1 saturated carbocycles. The van der Waals surface area contributed by atoms with Gasteiger partial charge in [0.05, 0.1) is 18.2 Å². The van der Waals surface area contributed by atoms with E-state index in [9.17, 15) is 22.8 Å². The van der Waals surface area contributed by atoms with Gasteiger partial charge >= 0.3 is 0 Å². The Hall–Kier alpha value is -3.84. The normalized spacial score (nSPS) is 24.8. The van der Waals surface area contributed by atoms with E-state index in [1.54, 1.807) is 11.1 Å². The van der Waals surface area contributed by atoms with E-state index in [0.717, 1.165) is 67.0 Å². The average Bonchev–Trinajstić information content (AvgIpc) is 3.92. The Morgan fingerprint density at radius 1 is 0.904 bits per heavy atom. The van der Waals surface area contributed by atoms with Crippen molar-refractivity contribution in [1.82, 2.24) is 19.5 Å². The summed E-state index contributed by atoms with van der Waals surface area (Å²) in [5.41, 5.74) is 4.79. The Labute approximate surface area is 310 Å². The molecule has 11 nitrogen and oxygen atoms in total. The first-order valence-electron chi connectivity index (χ1n) is 18.6. The number of likely N-dealkylation sites (tertiary alicyclic amines) is 1. The van der Waals surface area contributed by atoms with Crippen molar-refractivity contribution in [1.29, 1.82) is 0 Å². The van der Waals surface area contributed by atoms with E-state index >= 15 is 0 Å². The molecule has 3 aromatic rings. The molecule has 274 valence electrons. The minimum atomic E-state index is -3.59. The highest BCUT2D eigenvalue weighted by Gasteiger charge is 2.53. The predicted octanol–water partition coefficient (Wildman–Crippen LogP) is 4.62. The molecule has 0 spiro atoms. The summed E-state index contributed by atoms with van der Waals surface area (Å²) in [6.45, 7) is 3.59. The first-order chi connectivity index (χ1) is 25.1. The van der Waals surface area contributed by atoms with Crippen molar-refractivity contribution in [2.75, 3.05) is 61.8 Å². The van der Waals surface area contributed by atoms with Crippen molar-refractivity contribution in [2.24, 2.45) is 5.92 Å². The van der Waals surface area contributed by atoms with Crippen LogP contribution < -0.4 is 15.5 Å². The number of piperidine rings is 2. The number of rotatable bonds is 10. The highest BCUT2D eigenvalue weighted by Crippen LogP contribution is 2.57. The second-order valence-corrected chi connectivity index (χ2v) is 17.5. The molecule has 0 bridgehead atoms. The van der Waals surface area contributed by atoms with Gasteiger partial charge in [0.25, 0.3) is 0 Å². The average molecular weight is 745 g/mol. The Balaban J connectivity index is 0.827. The van der Waals surface area contributed by atoms with Gasteiger partial charge in [-0.1, -0.05) is 48.0 Å². The maximum atomic E-state index is 13.5. The fraction of sp³-hybridized carbons (Fsp3) is 0.487. The monoisotopic (exact) mass is 744 g/mol. The molecule has 0 radical (unpaired) electrons. The van der Waals surface area contributed by atoms with E-state index < -0.39 is 10.0 Å². The summed E-state index contributed by atoms with van der Waals surface area (Å²) in [5.74, 6) is 0.771. The van der Waals surface area contributed by atoms with Crippen molar-refractivity contribution in [3.05, 3.63) is 88.1 Å². The number of hydrogen-bond acceptors (Lipinski definition) is 8. The van der Waals surface area contributed by atoms with Gasteiger partial charge in [0, 0.05) is 53.9 Å². The highest BCUT2D eigenvalue weighted by molar-refractivity contribution is 7.89. The molecule has 8 rings (SSSR count). The lowest BCUT2D eigenvalue weighted by molar-refractivity contribution is -0.134. The zero-order valence-corrected chi connectivity index (χ0v) is 30.8. The molecular weight excluding hydrogens is 700 g/mol. The lowest BCUT2D eigenvalue weighted by atomic mass is 9.72. The first-order valence-corrected chi connectivity index (χ1v) is 20.5. The summed E-state index contributed by atoms with van der Waals surface area (Å²) in [4.78, 5) is 45.8. The van der Waals surface area contributed by atoms with Crippen LogP contribution in [0.4, 0.5) is 11.5 Å². The second-order valence-electron chi connectivity index (χ2n) is 15.0. The summed E-state index contributed by atoms with van der Waals surface area (Å²) in [7, 11) is -3.59. The van der Waals surface area contributed by atoms with Crippen molar-refractivity contribution in [2.45, 2.75) is 62.2 Å². The number of fused-ring (bicyclic) bond motifs is 1. The topological polar surface area (TPSA) is 132 Å². The standard InChI is InChI=1S/C39H45ClN6O5S/c40-33-13-16-41-37-36(33)39(25-42-37,29-9-10-29)30-3-1-4-31(23-30)46-21-20-45(24-35(46)48)52(50,51)22-2-17-44-18-14-27(15-19-44)26-5-7-28(8-6-26)32-11-12-34(47)43-38(32)49/h1,3-8,13,16,23,27,29,32H,2,9-12,14-15,17-22,24-25H2,(H,41,42)(H,43,47,49). The number of halogens is 1. The Kier molecular flexibility index (Phi) is 9.60. The summed E-state index contributed by atoms with van der Waals surface area (Å²) in [6.07, 6.45) is 7.32. The first kappa shape index (κ1) is 35.2. The third kappa shape index (κ3) is 6.74. The molecule has 2 unspecified atom stereocenters. The molecule has 52 heavy (non-hydrogen) atoms. The van der Waals surface area contributed by atoms with Crippen LogP contribution in [0.15, 0.2) is 60.8 Å². The summed E-state index contributed by atoms with van der Waals surface area (Å²) < 4.78 is 28.2. The van der Waals surface area contributed by atoms with Gasteiger partial charge in [0.2, 0.25) is 27.7 Å². The van der Waals surface area contributed by atoms with Crippen LogP contribution >= 0.6 is 11.6 Å². The van der Waals surface area contributed by atoms with E-state index in [4.69, 9.17) is 11.6 Å². The number of pyridine rings is 1. The minimum Gasteiger partial charge on any atom is -0.369 e. The Morgan fingerprint density at radius 3 is 2.40 bits per heavy atom. The zero-order chi connectivity index (χ0) is 36.0. The number of aromatic nitrogens is 1. The summed E-state index contributed by atoms with van der Waals surface area (Å²) in [5, 5.41) is 6.60. The lowest BCUT2D eigenvalue weighted by Gasteiger charge is -2.36. The molecule has 2 N–H and O–H groups in total. The van der Waals surface area contributed by atoms with E-state index in [-0.39, 0.29) is 47.9 Å². The van der Waals surface area contributed by atoms with Gasteiger partial charge in [-0.2, -0.15) is 4.31 Å². The summed E-state index contributed by atoms with van der Waals surface area (Å²) in [6, 6.07) is 18.2. The lowest BCUT2D eigenvalue weighted by Crippen LogP contribution is -2.53. The molecule has 13 heteroatoms. The third-order valence-corrected chi connectivity index (χ3v) is 14.1. The van der Waals surface area contributed by atoms with Crippen molar-refractivity contribution < 1.29 is 22.8 Å². The minimum absolute atomic E-state index is 0.0165. The van der Waals surface area contributed by atoms with E-state index in [1.165, 1.54) is 9.87 Å². The Bertz CT molecular complexity index is 1980. The zero-order valence-electron chi connectivity index (χ0n) is 29.2. The number of nitrogens with zero attached hydrogens (tertiary/aromatic N) is 4. The molecule has 2 aromatic carbocycles. The molecule has 5 heterocycles. The maximum Gasteiger partial charge on any atom is 0.242 e. The molecule has 4 fully saturated rings. The summed E-state index contributed by atoms with van der Waals surface area (Å²) >= 11 is 6.76. The van der Waals surface area contributed by atoms with Crippen LogP contribution in [0, 0.1) is 5.92 Å². The Morgan fingerprint density at radius 2 is 1.67 bits per heavy atom. The molecule has 3 amide bonds.